The van der Waals surface area contributed by atoms with Crippen molar-refractivity contribution in [3.8, 4) is 0 Å². The summed E-state index contributed by atoms with van der Waals surface area (Å²) in [6, 6.07) is 0. The fraction of sp³-hybridized carbons (Fsp3) is 0.111. The van der Waals surface area contributed by atoms with E-state index in [1.54, 1.807) is 12.2 Å². The van der Waals surface area contributed by atoms with Crippen molar-refractivity contribution < 1.29 is 4.74 Å². The highest BCUT2D eigenvalue weighted by Crippen LogP contribution is 2.31. The lowest BCUT2D eigenvalue weighted by Gasteiger charge is -2.21. The average molecular weight is 197 g/mol. The zero-order valence-electron chi connectivity index (χ0n) is 6.88. The van der Waals surface area contributed by atoms with Crippen molar-refractivity contribution in [2.75, 3.05) is 0 Å². The Balaban J connectivity index is 2.45. The molecule has 3 nitrogen and oxygen atoms in total. The van der Waals surface area contributed by atoms with Crippen LogP contribution in [0.3, 0.4) is 0 Å². The molecule has 1 heterocycles. The van der Waals surface area contributed by atoms with Gasteiger partial charge in [0.05, 0.1) is 0 Å². The van der Waals surface area contributed by atoms with Gasteiger partial charge < -0.3 is 16.2 Å². The molecule has 1 aliphatic heterocycles. The Kier molecular flexibility index (Phi) is 1.81. The molecule has 0 saturated carbocycles. The minimum atomic E-state index is 0.305. The molecular weight excluding hydrogens is 188 g/mol. The van der Waals surface area contributed by atoms with E-state index in [4.69, 9.17) is 27.8 Å². The lowest BCUT2D eigenvalue weighted by molar-refractivity contribution is 0.301. The first-order chi connectivity index (χ1) is 6.16. The SMILES string of the molecule is NC1=CC(N)=C2CC=C(Cl)C=C2O1. The summed E-state index contributed by atoms with van der Waals surface area (Å²) in [5, 5.41) is 0.654. The largest absolute Gasteiger partial charge is 0.441 e. The molecule has 0 fully saturated rings. The van der Waals surface area contributed by atoms with E-state index in [2.05, 4.69) is 0 Å². The summed E-state index contributed by atoms with van der Waals surface area (Å²) < 4.78 is 5.27. The van der Waals surface area contributed by atoms with Crippen molar-refractivity contribution in [3.63, 3.8) is 0 Å². The van der Waals surface area contributed by atoms with E-state index in [1.807, 2.05) is 6.08 Å². The van der Waals surface area contributed by atoms with E-state index < -0.39 is 0 Å². The molecule has 0 spiro atoms. The van der Waals surface area contributed by atoms with E-state index in [0.29, 0.717) is 28.8 Å². The highest BCUT2D eigenvalue weighted by molar-refractivity contribution is 6.31. The van der Waals surface area contributed by atoms with E-state index in [0.717, 1.165) is 5.57 Å². The topological polar surface area (TPSA) is 61.3 Å². The summed E-state index contributed by atoms with van der Waals surface area (Å²) in [6.45, 7) is 0. The number of allylic oxidation sites excluding steroid dienone is 5. The van der Waals surface area contributed by atoms with Crippen LogP contribution in [0.25, 0.3) is 0 Å². The number of nitrogens with two attached hydrogens (primary N) is 2. The molecule has 0 saturated heterocycles. The lowest BCUT2D eigenvalue weighted by Crippen LogP contribution is -2.16. The summed E-state index contributed by atoms with van der Waals surface area (Å²) in [6.07, 6.45) is 5.90. The van der Waals surface area contributed by atoms with Gasteiger partial charge in [0, 0.05) is 22.4 Å². The molecule has 68 valence electrons. The Morgan fingerprint density at radius 2 is 2.08 bits per heavy atom. The molecule has 2 aliphatic rings. The number of hydrogen-bond acceptors (Lipinski definition) is 3. The predicted molar refractivity (Wildman–Crippen MR) is 51.2 cm³/mol. The molecule has 2 rings (SSSR count). The molecule has 4 heteroatoms. The van der Waals surface area contributed by atoms with Crippen LogP contribution >= 0.6 is 11.6 Å². The summed E-state index contributed by atoms with van der Waals surface area (Å²) in [7, 11) is 0. The number of ether oxygens (including phenoxy) is 1. The first-order valence-electron chi connectivity index (χ1n) is 3.88. The zero-order valence-corrected chi connectivity index (χ0v) is 7.64. The zero-order chi connectivity index (χ0) is 9.42. The lowest BCUT2D eigenvalue weighted by atomic mass is 10.0. The smallest absolute Gasteiger partial charge is 0.192 e. The predicted octanol–water partition coefficient (Wildman–Crippen LogP) is 1.44. The van der Waals surface area contributed by atoms with Crippen molar-refractivity contribution in [1.82, 2.24) is 0 Å². The summed E-state index contributed by atoms with van der Waals surface area (Å²) in [4.78, 5) is 0. The van der Waals surface area contributed by atoms with Crippen LogP contribution in [0.15, 0.2) is 46.2 Å². The molecule has 4 N–H and O–H groups in total. The van der Waals surface area contributed by atoms with E-state index in [9.17, 15) is 0 Å². The molecule has 0 aromatic heterocycles. The molecule has 13 heavy (non-hydrogen) atoms. The number of rotatable bonds is 0. The third kappa shape index (κ3) is 1.42. The fourth-order valence-corrected chi connectivity index (χ4v) is 1.50. The molecule has 0 amide bonds. The van der Waals surface area contributed by atoms with Crippen LogP contribution in [0.4, 0.5) is 0 Å². The second-order valence-corrected chi connectivity index (χ2v) is 3.32. The molecule has 0 radical (unpaired) electrons. The van der Waals surface area contributed by atoms with Gasteiger partial charge in [-0.1, -0.05) is 17.7 Å². The monoisotopic (exact) mass is 196 g/mol. The first-order valence-corrected chi connectivity index (χ1v) is 4.26. The molecule has 0 bridgehead atoms. The standard InChI is InChI=1S/C9H9ClN2O/c10-5-1-2-6-7(11)4-9(12)13-8(6)3-5/h1,3-4H,2,11-12H2. The van der Waals surface area contributed by atoms with Crippen molar-refractivity contribution in [2.45, 2.75) is 6.42 Å². The van der Waals surface area contributed by atoms with Crippen molar-refractivity contribution in [2.24, 2.45) is 11.5 Å². The Hall–Kier alpha value is -1.35. The van der Waals surface area contributed by atoms with Crippen molar-refractivity contribution >= 4 is 11.6 Å². The normalized spacial score (nSPS) is 21.2. The maximum atomic E-state index is 5.81. The van der Waals surface area contributed by atoms with Crippen molar-refractivity contribution in [1.29, 1.82) is 0 Å². The van der Waals surface area contributed by atoms with Gasteiger partial charge >= 0.3 is 0 Å². The van der Waals surface area contributed by atoms with Gasteiger partial charge in [-0.15, -0.1) is 0 Å². The van der Waals surface area contributed by atoms with Gasteiger partial charge in [-0.05, 0) is 12.5 Å². The molecular formula is C9H9ClN2O. The second kappa shape index (κ2) is 2.85. The fourth-order valence-electron chi connectivity index (χ4n) is 1.32. The van der Waals surface area contributed by atoms with Gasteiger partial charge in [0.25, 0.3) is 0 Å². The first kappa shape index (κ1) is 8.26. The van der Waals surface area contributed by atoms with Gasteiger partial charge in [-0.3, -0.25) is 0 Å². The van der Waals surface area contributed by atoms with Gasteiger partial charge in [-0.2, -0.15) is 0 Å². The molecule has 0 atom stereocenters. The number of fused-ring (bicyclic) bond motifs is 1. The van der Waals surface area contributed by atoms with Gasteiger partial charge in [0.1, 0.15) is 5.76 Å². The summed E-state index contributed by atoms with van der Waals surface area (Å²) in [5.74, 6) is 0.962. The third-order valence-electron chi connectivity index (χ3n) is 1.94. The highest BCUT2D eigenvalue weighted by atomic mass is 35.5. The van der Waals surface area contributed by atoms with E-state index in [-0.39, 0.29) is 0 Å². The second-order valence-electron chi connectivity index (χ2n) is 2.88. The summed E-state index contributed by atoms with van der Waals surface area (Å²) in [5.41, 5.74) is 12.8. The molecule has 0 aromatic rings. The molecule has 0 unspecified atom stereocenters. The average Bonchev–Trinajstić information content (AvgIpc) is 2.02. The Bertz CT molecular complexity index is 377. The molecule has 1 aliphatic carbocycles. The van der Waals surface area contributed by atoms with Gasteiger partial charge in [-0.25, -0.2) is 0 Å². The number of halogens is 1. The summed E-state index contributed by atoms with van der Waals surface area (Å²) >= 11 is 5.81. The quantitative estimate of drug-likeness (QED) is 0.616. The highest BCUT2D eigenvalue weighted by Gasteiger charge is 2.19. The minimum absolute atomic E-state index is 0.305. The molecule has 0 aromatic carbocycles. The van der Waals surface area contributed by atoms with Crippen LogP contribution in [0, 0.1) is 0 Å². The maximum absolute atomic E-state index is 5.81. The van der Waals surface area contributed by atoms with Crippen molar-refractivity contribution in [3.05, 3.63) is 46.2 Å². The minimum Gasteiger partial charge on any atom is -0.441 e. The van der Waals surface area contributed by atoms with Crippen LogP contribution in [0.2, 0.25) is 0 Å². The van der Waals surface area contributed by atoms with Crippen LogP contribution in [0.1, 0.15) is 6.42 Å². The Labute approximate surface area is 81.0 Å². The maximum Gasteiger partial charge on any atom is 0.192 e. The van der Waals surface area contributed by atoms with Crippen LogP contribution in [0.5, 0.6) is 0 Å². The van der Waals surface area contributed by atoms with Crippen LogP contribution in [-0.2, 0) is 4.74 Å². The third-order valence-corrected chi connectivity index (χ3v) is 2.21. The number of hydrogen-bond donors (Lipinski definition) is 2. The van der Waals surface area contributed by atoms with Gasteiger partial charge in [0.15, 0.2) is 5.88 Å². The van der Waals surface area contributed by atoms with E-state index >= 15 is 0 Å². The van der Waals surface area contributed by atoms with Gasteiger partial charge in [0.2, 0.25) is 0 Å². The Morgan fingerprint density at radius 3 is 2.85 bits per heavy atom. The van der Waals surface area contributed by atoms with E-state index in [1.165, 1.54) is 0 Å². The van der Waals surface area contributed by atoms with Crippen LogP contribution < -0.4 is 11.5 Å². The van der Waals surface area contributed by atoms with Crippen LogP contribution in [-0.4, -0.2) is 0 Å². The Morgan fingerprint density at radius 1 is 1.31 bits per heavy atom.